The highest BCUT2D eigenvalue weighted by Gasteiger charge is 2.29. The topological polar surface area (TPSA) is 96.6 Å². The van der Waals surface area contributed by atoms with Gasteiger partial charge in [-0.15, -0.1) is 0 Å². The molecule has 246 valence electrons. The Bertz CT molecular complexity index is 2160. The highest BCUT2D eigenvalue weighted by molar-refractivity contribution is 6.25. The molecule has 0 saturated carbocycles. The van der Waals surface area contributed by atoms with Crippen LogP contribution in [0.15, 0.2) is 102 Å². The molecule has 1 saturated heterocycles. The minimum Gasteiger partial charge on any atom is -0.451 e. The van der Waals surface area contributed by atoms with E-state index in [-0.39, 0.29) is 5.76 Å². The van der Waals surface area contributed by atoms with Gasteiger partial charge in [-0.25, -0.2) is 4.90 Å². The van der Waals surface area contributed by atoms with Crippen molar-refractivity contribution in [2.24, 2.45) is 0 Å². The van der Waals surface area contributed by atoms with Gasteiger partial charge in [0.1, 0.15) is 5.58 Å². The number of aromatic amines is 1. The Morgan fingerprint density at radius 1 is 0.837 bits per heavy atom. The molecule has 1 N–H and O–H groups in total. The molecule has 0 unspecified atom stereocenters. The molecule has 0 radical (unpaired) electrons. The molecule has 49 heavy (non-hydrogen) atoms. The van der Waals surface area contributed by atoms with Crippen molar-refractivity contribution in [2.75, 3.05) is 42.5 Å². The first-order valence-corrected chi connectivity index (χ1v) is 16.9. The quantitative estimate of drug-likeness (QED) is 0.126. The Morgan fingerprint density at radius 3 is 2.31 bits per heavy atom. The number of aromatic nitrogens is 1. The number of unbranched alkanes of at least 4 members (excludes halogenated alkanes) is 1. The molecule has 4 aromatic carbocycles. The molecule has 3 heterocycles. The van der Waals surface area contributed by atoms with E-state index in [0.717, 1.165) is 85.1 Å². The number of amides is 2. The number of nitrogens with zero attached hydrogens (tertiary/aromatic N) is 4. The summed E-state index contributed by atoms with van der Waals surface area (Å²) in [6.45, 7) is 8.79. The summed E-state index contributed by atoms with van der Waals surface area (Å²) in [5.74, 6) is -0.784. The van der Waals surface area contributed by atoms with Crippen LogP contribution in [0.2, 0.25) is 0 Å². The molecule has 1 aliphatic rings. The monoisotopic (exact) mass is 649 g/mol. The van der Waals surface area contributed by atoms with Crippen LogP contribution >= 0.6 is 0 Å². The van der Waals surface area contributed by atoms with Gasteiger partial charge in [-0.1, -0.05) is 35.4 Å². The predicted octanol–water partition coefficient (Wildman–Crippen LogP) is 8.03. The second kappa shape index (κ2) is 13.8. The minimum atomic E-state index is -0.502. The number of hydrogen-bond acceptors (Lipinski definition) is 6. The van der Waals surface area contributed by atoms with Gasteiger partial charge in [-0.05, 0) is 112 Å². The number of fused-ring (bicyclic) bond motifs is 2. The van der Waals surface area contributed by atoms with Crippen LogP contribution in [0, 0.1) is 25.2 Å². The van der Waals surface area contributed by atoms with Crippen LogP contribution in [-0.2, 0) is 6.42 Å². The smallest absolute Gasteiger partial charge is 0.301 e. The molecule has 0 bridgehead atoms. The number of aryl methyl sites for hydroxylation is 3. The summed E-state index contributed by atoms with van der Waals surface area (Å²) in [7, 11) is 0. The maximum atomic E-state index is 13.9. The summed E-state index contributed by atoms with van der Waals surface area (Å²) >= 11 is 0. The molecule has 8 heteroatoms. The number of anilines is 2. The van der Waals surface area contributed by atoms with Gasteiger partial charge in [-0.3, -0.25) is 14.5 Å². The molecule has 8 nitrogen and oxygen atoms in total. The summed E-state index contributed by atoms with van der Waals surface area (Å²) in [4.78, 5) is 37.1. The third kappa shape index (κ3) is 6.85. The van der Waals surface area contributed by atoms with Crippen LogP contribution in [0.4, 0.5) is 11.4 Å². The number of furan rings is 1. The molecular weight excluding hydrogens is 610 g/mol. The Balaban J connectivity index is 0.983. The number of carbonyl (C=O) groups excluding carboxylic acids is 2. The van der Waals surface area contributed by atoms with Crippen molar-refractivity contribution in [2.45, 2.75) is 33.1 Å². The maximum Gasteiger partial charge on any atom is 0.301 e. The first kappa shape index (κ1) is 31.9. The fraction of sp³-hybridized carbons (Fsp3) is 0.244. The lowest BCUT2D eigenvalue weighted by atomic mass is 10.1. The standard InChI is InChI=1S/C41H39N5O3/c1-28-6-11-31(12-7-28)40(47)46(34-13-8-29(2)9-14-34)41(48)39-25-33-24-35(15-17-38(33)49-39)45-21-19-44(20-22-45)18-4-3-5-32-27-43-37-16-10-30(26-42)23-36(32)37/h6-17,23-25,27,43H,3-5,18-22H2,1-2H3. The van der Waals surface area contributed by atoms with Gasteiger partial charge in [0.2, 0.25) is 0 Å². The number of rotatable bonds is 9. The molecule has 2 amide bonds. The SMILES string of the molecule is Cc1ccc(C(=O)N(C(=O)c2cc3cc(N4CCN(CCCCc5c[nH]c6ccc(C#N)cc56)CC4)ccc3o2)c2ccc(C)cc2)cc1. The molecule has 0 aliphatic carbocycles. The van der Waals surface area contributed by atoms with Gasteiger partial charge in [0, 0.05) is 59.9 Å². The third-order valence-corrected chi connectivity index (χ3v) is 9.51. The summed E-state index contributed by atoms with van der Waals surface area (Å²) < 4.78 is 6.05. The van der Waals surface area contributed by atoms with Crippen molar-refractivity contribution in [1.82, 2.24) is 9.88 Å². The van der Waals surface area contributed by atoms with Crippen molar-refractivity contribution in [3.8, 4) is 6.07 Å². The van der Waals surface area contributed by atoms with Gasteiger partial charge in [0.05, 0.1) is 17.3 Å². The van der Waals surface area contributed by atoms with Crippen LogP contribution in [0.5, 0.6) is 0 Å². The highest BCUT2D eigenvalue weighted by atomic mass is 16.3. The normalized spacial score (nSPS) is 13.5. The van der Waals surface area contributed by atoms with Crippen molar-refractivity contribution >= 4 is 45.1 Å². The molecule has 1 aliphatic heterocycles. The van der Waals surface area contributed by atoms with E-state index in [4.69, 9.17) is 4.42 Å². The number of hydrogen-bond donors (Lipinski definition) is 1. The molecule has 0 spiro atoms. The first-order valence-electron chi connectivity index (χ1n) is 16.9. The van der Waals surface area contributed by atoms with Crippen molar-refractivity contribution in [1.29, 1.82) is 5.26 Å². The zero-order chi connectivity index (χ0) is 33.9. The third-order valence-electron chi connectivity index (χ3n) is 9.51. The van der Waals surface area contributed by atoms with E-state index in [1.807, 2.05) is 68.4 Å². The zero-order valence-electron chi connectivity index (χ0n) is 27.9. The molecule has 6 aromatic rings. The molecular formula is C41H39N5O3. The van der Waals surface area contributed by atoms with E-state index < -0.39 is 11.8 Å². The van der Waals surface area contributed by atoms with Crippen LogP contribution in [0.1, 0.15) is 56.0 Å². The predicted molar refractivity (Wildman–Crippen MR) is 194 cm³/mol. The van der Waals surface area contributed by atoms with E-state index in [1.54, 1.807) is 30.3 Å². The zero-order valence-corrected chi connectivity index (χ0v) is 27.9. The number of imide groups is 1. The van der Waals surface area contributed by atoms with E-state index in [1.165, 1.54) is 10.5 Å². The van der Waals surface area contributed by atoms with Gasteiger partial charge in [0.15, 0.2) is 5.76 Å². The molecule has 7 rings (SSSR count). The Morgan fingerprint density at radius 2 is 1.57 bits per heavy atom. The fourth-order valence-electron chi connectivity index (χ4n) is 6.62. The second-order valence-electron chi connectivity index (χ2n) is 13.0. The number of nitriles is 1. The number of piperazine rings is 1. The summed E-state index contributed by atoms with van der Waals surface area (Å²) in [5.41, 5.74) is 7.75. The summed E-state index contributed by atoms with van der Waals surface area (Å²) in [6, 6.07) is 30.4. The fourth-order valence-corrected chi connectivity index (χ4v) is 6.62. The largest absolute Gasteiger partial charge is 0.451 e. The van der Waals surface area contributed by atoms with Gasteiger partial charge >= 0.3 is 5.91 Å². The van der Waals surface area contributed by atoms with Gasteiger partial charge in [-0.2, -0.15) is 5.26 Å². The lowest BCUT2D eigenvalue weighted by Crippen LogP contribution is -2.46. The minimum absolute atomic E-state index is 0.121. The van der Waals surface area contributed by atoms with Crippen LogP contribution in [-0.4, -0.2) is 54.4 Å². The van der Waals surface area contributed by atoms with Gasteiger partial charge < -0.3 is 14.3 Å². The van der Waals surface area contributed by atoms with Gasteiger partial charge in [0.25, 0.3) is 5.91 Å². The first-order chi connectivity index (χ1) is 23.9. The Labute approximate surface area is 286 Å². The average Bonchev–Trinajstić information content (AvgIpc) is 3.75. The van der Waals surface area contributed by atoms with Crippen LogP contribution in [0.3, 0.4) is 0 Å². The van der Waals surface area contributed by atoms with Crippen molar-refractivity contribution in [3.63, 3.8) is 0 Å². The van der Waals surface area contributed by atoms with E-state index in [9.17, 15) is 14.9 Å². The lowest BCUT2D eigenvalue weighted by Gasteiger charge is -2.36. The molecule has 1 fully saturated rings. The van der Waals surface area contributed by atoms with Crippen LogP contribution in [0.25, 0.3) is 21.9 Å². The average molecular weight is 650 g/mol. The Hall–Kier alpha value is -5.65. The molecule has 2 aromatic heterocycles. The number of carbonyl (C=O) groups is 2. The Kier molecular flexibility index (Phi) is 9.01. The second-order valence-corrected chi connectivity index (χ2v) is 13.0. The maximum absolute atomic E-state index is 13.9. The summed E-state index contributed by atoms with van der Waals surface area (Å²) in [5, 5.41) is 11.2. The van der Waals surface area contributed by atoms with E-state index >= 15 is 0 Å². The number of benzene rings is 4. The van der Waals surface area contributed by atoms with Crippen molar-refractivity contribution in [3.05, 3.63) is 131 Å². The lowest BCUT2D eigenvalue weighted by molar-refractivity contribution is 0.0882. The molecule has 0 atom stereocenters. The summed E-state index contributed by atoms with van der Waals surface area (Å²) in [6.07, 6.45) is 5.28. The van der Waals surface area contributed by atoms with Crippen LogP contribution < -0.4 is 9.80 Å². The highest BCUT2D eigenvalue weighted by Crippen LogP contribution is 2.29. The number of nitrogens with one attached hydrogen (secondary N) is 1. The van der Waals surface area contributed by atoms with E-state index in [2.05, 4.69) is 33.1 Å². The van der Waals surface area contributed by atoms with Crippen molar-refractivity contribution < 1.29 is 14.0 Å². The van der Waals surface area contributed by atoms with E-state index in [0.29, 0.717) is 22.4 Å². The number of H-pyrrole nitrogens is 1.